The van der Waals surface area contributed by atoms with Crippen molar-refractivity contribution in [3.05, 3.63) is 82.0 Å². The fourth-order valence-electron chi connectivity index (χ4n) is 6.82. The first-order valence-corrected chi connectivity index (χ1v) is 17.5. The first kappa shape index (κ1) is 35.6. The molecule has 50 heavy (non-hydrogen) atoms. The molecule has 2 N–H and O–H groups in total. The number of halogens is 2. The summed E-state index contributed by atoms with van der Waals surface area (Å²) in [6.07, 6.45) is 4.16. The summed E-state index contributed by atoms with van der Waals surface area (Å²) in [5, 5.41) is 13.9. The van der Waals surface area contributed by atoms with Crippen LogP contribution in [0.2, 0.25) is 10.0 Å². The number of hydrogen-bond donors (Lipinski definition) is 2. The molecular weight excluding hydrogens is 677 g/mol. The number of carbonyl (C=O) groups excluding carboxylic acids is 1. The number of carboxylic acids is 1. The first-order valence-electron chi connectivity index (χ1n) is 16.8. The fraction of sp³-hybridized carbons (Fsp3) is 0.368. The lowest BCUT2D eigenvalue weighted by Crippen LogP contribution is -2.44. The summed E-state index contributed by atoms with van der Waals surface area (Å²) in [5.41, 5.74) is 6.16. The molecule has 262 valence electrons. The van der Waals surface area contributed by atoms with E-state index in [0.29, 0.717) is 65.2 Å². The number of carboxylic acid groups (broad SMARTS) is 1. The number of amides is 1. The molecule has 2 aliphatic heterocycles. The Balaban J connectivity index is 1.21. The Morgan fingerprint density at radius 3 is 2.36 bits per heavy atom. The molecule has 2 aliphatic rings. The van der Waals surface area contributed by atoms with Crippen LogP contribution >= 0.6 is 23.2 Å². The van der Waals surface area contributed by atoms with Gasteiger partial charge in [0.1, 0.15) is 5.75 Å². The Morgan fingerprint density at radius 2 is 1.66 bits per heavy atom. The van der Waals surface area contributed by atoms with Gasteiger partial charge in [0.15, 0.2) is 0 Å². The average Bonchev–Trinajstić information content (AvgIpc) is 3.60. The van der Waals surface area contributed by atoms with Crippen LogP contribution in [0.3, 0.4) is 0 Å². The van der Waals surface area contributed by atoms with Gasteiger partial charge >= 0.3 is 5.97 Å². The molecule has 2 aromatic carbocycles. The second-order valence-electron chi connectivity index (χ2n) is 12.8. The van der Waals surface area contributed by atoms with Crippen molar-refractivity contribution in [3.63, 3.8) is 0 Å². The molecule has 2 fully saturated rings. The molecule has 0 spiro atoms. The van der Waals surface area contributed by atoms with E-state index in [9.17, 15) is 14.7 Å². The summed E-state index contributed by atoms with van der Waals surface area (Å²) in [7, 11) is 3.23. The zero-order valence-corrected chi connectivity index (χ0v) is 29.9. The highest BCUT2D eigenvalue weighted by Gasteiger charge is 2.28. The van der Waals surface area contributed by atoms with Crippen molar-refractivity contribution in [1.82, 2.24) is 25.1 Å². The van der Waals surface area contributed by atoms with Gasteiger partial charge in [-0.05, 0) is 44.0 Å². The van der Waals surface area contributed by atoms with Gasteiger partial charge in [0.25, 0.3) is 0 Å². The average molecular weight is 719 g/mol. The highest BCUT2D eigenvalue weighted by molar-refractivity contribution is 6.39. The smallest absolute Gasteiger partial charge is 0.307 e. The maximum atomic E-state index is 11.7. The predicted molar refractivity (Wildman–Crippen MR) is 195 cm³/mol. The minimum absolute atomic E-state index is 0.124. The van der Waals surface area contributed by atoms with E-state index in [-0.39, 0.29) is 11.8 Å². The number of ether oxygens (including phenoxy) is 2. The number of piperidine rings is 1. The molecule has 4 aromatic rings. The largest absolute Gasteiger partial charge is 0.496 e. The third-order valence-corrected chi connectivity index (χ3v) is 10.5. The normalized spacial score (nSPS) is 16.8. The lowest BCUT2D eigenvalue weighted by molar-refractivity contribution is -0.141. The van der Waals surface area contributed by atoms with E-state index in [4.69, 9.17) is 37.7 Å². The van der Waals surface area contributed by atoms with Crippen LogP contribution in [0, 0.1) is 5.92 Å². The molecule has 12 heteroatoms. The molecule has 0 saturated carbocycles. The van der Waals surface area contributed by atoms with Gasteiger partial charge < -0.3 is 24.8 Å². The summed E-state index contributed by atoms with van der Waals surface area (Å²) in [6, 6.07) is 17.7. The maximum absolute atomic E-state index is 11.7. The number of nitrogens with one attached hydrogen (secondary N) is 1. The third kappa shape index (κ3) is 7.73. The summed E-state index contributed by atoms with van der Waals surface area (Å²) < 4.78 is 11.4. The van der Waals surface area contributed by atoms with Crippen molar-refractivity contribution in [2.75, 3.05) is 40.4 Å². The Kier molecular flexibility index (Phi) is 11.2. The SMILES string of the molecule is COc1cc(-c2nccc(-c3cccc(-c4ccc(CNC5CCN(C(C)=O)CC5)c(OC)n4)c3Cl)c2Cl)ccc1CN1CC[C@@H](C(=O)O)C1. The fourth-order valence-corrected chi connectivity index (χ4v) is 7.46. The molecule has 1 amide bonds. The minimum atomic E-state index is -0.752. The molecule has 4 heterocycles. The van der Waals surface area contributed by atoms with Crippen molar-refractivity contribution < 1.29 is 24.2 Å². The molecule has 0 aliphatic carbocycles. The van der Waals surface area contributed by atoms with Crippen LogP contribution in [0.25, 0.3) is 33.6 Å². The van der Waals surface area contributed by atoms with E-state index < -0.39 is 5.97 Å². The lowest BCUT2D eigenvalue weighted by atomic mass is 9.99. The van der Waals surface area contributed by atoms with E-state index >= 15 is 0 Å². The second kappa shape index (κ2) is 15.8. The van der Waals surface area contributed by atoms with E-state index in [1.165, 1.54) is 0 Å². The van der Waals surface area contributed by atoms with Crippen LogP contribution in [0.1, 0.15) is 37.3 Å². The Hall–Kier alpha value is -4.22. The van der Waals surface area contributed by atoms with Gasteiger partial charge in [-0.15, -0.1) is 0 Å². The van der Waals surface area contributed by atoms with Crippen molar-refractivity contribution in [3.8, 4) is 45.3 Å². The molecule has 2 aromatic heterocycles. The molecule has 0 radical (unpaired) electrons. The Labute approximate surface area is 302 Å². The van der Waals surface area contributed by atoms with Crippen molar-refractivity contribution in [2.45, 2.75) is 45.3 Å². The second-order valence-corrected chi connectivity index (χ2v) is 13.6. The van der Waals surface area contributed by atoms with Crippen molar-refractivity contribution in [2.24, 2.45) is 5.92 Å². The number of hydrogen-bond acceptors (Lipinski definition) is 8. The van der Waals surface area contributed by atoms with Crippen molar-refractivity contribution in [1.29, 1.82) is 0 Å². The highest BCUT2D eigenvalue weighted by Crippen LogP contribution is 2.42. The van der Waals surface area contributed by atoms with Crippen LogP contribution in [0.15, 0.2) is 60.8 Å². The maximum Gasteiger partial charge on any atom is 0.307 e. The Bertz CT molecular complexity index is 1880. The monoisotopic (exact) mass is 717 g/mol. The topological polar surface area (TPSA) is 117 Å². The molecule has 2 saturated heterocycles. The highest BCUT2D eigenvalue weighted by atomic mass is 35.5. The zero-order valence-electron chi connectivity index (χ0n) is 28.4. The number of rotatable bonds is 11. The quantitative estimate of drug-likeness (QED) is 0.173. The number of aliphatic carboxylic acids is 1. The number of benzene rings is 2. The van der Waals surface area contributed by atoms with Gasteiger partial charge in [-0.25, -0.2) is 4.98 Å². The van der Waals surface area contributed by atoms with E-state index in [0.717, 1.165) is 65.9 Å². The number of likely N-dealkylation sites (tertiary alicyclic amines) is 2. The summed E-state index contributed by atoms with van der Waals surface area (Å²) in [5.74, 6) is 0.231. The van der Waals surface area contributed by atoms with Crippen LogP contribution in [0.5, 0.6) is 11.6 Å². The first-order chi connectivity index (χ1) is 24.2. The number of carbonyl (C=O) groups is 2. The van der Waals surface area contributed by atoms with Gasteiger partial charge in [-0.1, -0.05) is 59.6 Å². The number of methoxy groups -OCH3 is 2. The molecular formula is C38H41Cl2N5O5. The van der Waals surface area contributed by atoms with Gasteiger partial charge in [0.2, 0.25) is 11.8 Å². The van der Waals surface area contributed by atoms with E-state index in [1.807, 2.05) is 59.5 Å². The van der Waals surface area contributed by atoms with Gasteiger partial charge in [-0.3, -0.25) is 19.5 Å². The zero-order chi connectivity index (χ0) is 35.4. The third-order valence-electron chi connectivity index (χ3n) is 9.68. The summed E-state index contributed by atoms with van der Waals surface area (Å²) in [4.78, 5) is 36.6. The molecule has 6 rings (SSSR count). The molecule has 10 nitrogen and oxygen atoms in total. The number of nitrogens with zero attached hydrogens (tertiary/aromatic N) is 4. The summed E-state index contributed by atoms with van der Waals surface area (Å²) in [6.45, 7) is 5.57. The molecule has 0 bridgehead atoms. The van der Waals surface area contributed by atoms with Crippen LogP contribution in [-0.4, -0.2) is 83.2 Å². The number of aromatic nitrogens is 2. The van der Waals surface area contributed by atoms with Gasteiger partial charge in [0.05, 0.1) is 41.6 Å². The summed E-state index contributed by atoms with van der Waals surface area (Å²) >= 11 is 14.2. The Morgan fingerprint density at radius 1 is 0.920 bits per heavy atom. The predicted octanol–water partition coefficient (Wildman–Crippen LogP) is 6.81. The number of pyridine rings is 2. The van der Waals surface area contributed by atoms with E-state index in [2.05, 4.69) is 15.2 Å². The molecule has 1 atom stereocenters. The van der Waals surface area contributed by atoms with Crippen LogP contribution < -0.4 is 14.8 Å². The van der Waals surface area contributed by atoms with E-state index in [1.54, 1.807) is 27.3 Å². The van der Waals surface area contributed by atoms with Gasteiger partial charge in [-0.2, -0.15) is 0 Å². The lowest BCUT2D eigenvalue weighted by Gasteiger charge is -2.31. The molecule has 0 unspecified atom stereocenters. The van der Waals surface area contributed by atoms with Crippen LogP contribution in [0.4, 0.5) is 0 Å². The standard InChI is InChI=1S/C38H41Cl2N5O5/c1-23(46)45-17-13-28(14-18-45)42-20-25-9-10-32(43-37(25)50-3)31-6-4-5-29(34(31)39)30-11-15-41-36(35(30)40)24-7-8-26(33(19-24)49-2)21-44-16-12-27(22-44)38(47)48/h4-11,15,19,27-28,42H,12-14,16-18,20-22H2,1-3H3,(H,47,48)/t27-/m1/s1. The van der Waals surface area contributed by atoms with Crippen molar-refractivity contribution >= 4 is 35.1 Å². The van der Waals surface area contributed by atoms with Crippen LogP contribution in [-0.2, 0) is 22.7 Å². The van der Waals surface area contributed by atoms with Gasteiger partial charge in [0, 0.05) is 85.3 Å². The minimum Gasteiger partial charge on any atom is -0.496 e.